The molecule has 0 aromatic rings. The minimum atomic E-state index is -0.253. The highest BCUT2D eigenvalue weighted by Crippen LogP contribution is 1.99. The number of halogens is 1. The zero-order valence-corrected chi connectivity index (χ0v) is 8.22. The highest BCUT2D eigenvalue weighted by Gasteiger charge is 2.05. The van der Waals surface area contributed by atoms with Gasteiger partial charge in [0.2, 0.25) is 0 Å². The van der Waals surface area contributed by atoms with Crippen molar-refractivity contribution in [2.75, 3.05) is 32.9 Å². The minimum absolute atomic E-state index is 0.253. The van der Waals surface area contributed by atoms with Crippen LogP contribution in [-0.2, 0) is 0 Å². The Kier molecular flexibility index (Phi) is 7.40. The molecule has 0 fully saturated rings. The zero-order chi connectivity index (χ0) is 9.40. The van der Waals surface area contributed by atoms with Crippen LogP contribution in [0.5, 0.6) is 0 Å². The summed E-state index contributed by atoms with van der Waals surface area (Å²) in [5.41, 5.74) is 5.38. The monoisotopic (exact) mass is 176 g/mol. The first-order valence-corrected chi connectivity index (χ1v) is 4.69. The molecule has 74 valence electrons. The molecule has 2 nitrogen and oxygen atoms in total. The van der Waals surface area contributed by atoms with Gasteiger partial charge in [-0.05, 0) is 25.4 Å². The standard InChI is InChI=1S/C9H21FN2/c1-9(2)8-12(7-4-10)6-3-5-11/h9H,3-8,11H2,1-2H3. The summed E-state index contributed by atoms with van der Waals surface area (Å²) in [6, 6.07) is 0. The van der Waals surface area contributed by atoms with Crippen LogP contribution in [0, 0.1) is 5.92 Å². The van der Waals surface area contributed by atoms with Crippen molar-refractivity contribution in [3.8, 4) is 0 Å². The van der Waals surface area contributed by atoms with Gasteiger partial charge in [-0.2, -0.15) is 0 Å². The lowest BCUT2D eigenvalue weighted by Gasteiger charge is -2.22. The fraction of sp³-hybridized carbons (Fsp3) is 1.00. The summed E-state index contributed by atoms with van der Waals surface area (Å²) in [6.07, 6.45) is 0.965. The van der Waals surface area contributed by atoms with E-state index in [1.165, 1.54) is 0 Å². The van der Waals surface area contributed by atoms with E-state index in [4.69, 9.17) is 5.73 Å². The highest BCUT2D eigenvalue weighted by atomic mass is 19.1. The number of alkyl halides is 1. The quantitative estimate of drug-likeness (QED) is 0.633. The number of nitrogens with two attached hydrogens (primary N) is 1. The molecular formula is C9H21FN2. The van der Waals surface area contributed by atoms with Gasteiger partial charge in [0.05, 0.1) is 0 Å². The van der Waals surface area contributed by atoms with Gasteiger partial charge in [0.25, 0.3) is 0 Å². The maximum atomic E-state index is 12.0. The van der Waals surface area contributed by atoms with Crippen molar-refractivity contribution >= 4 is 0 Å². The Morgan fingerprint density at radius 3 is 2.42 bits per heavy atom. The molecule has 2 N–H and O–H groups in total. The summed E-state index contributed by atoms with van der Waals surface area (Å²) in [7, 11) is 0. The molecule has 0 aromatic carbocycles. The molecule has 3 heteroatoms. The van der Waals surface area contributed by atoms with Crippen molar-refractivity contribution in [1.29, 1.82) is 0 Å². The third-order valence-corrected chi connectivity index (χ3v) is 1.70. The Hall–Kier alpha value is -0.150. The van der Waals surface area contributed by atoms with Crippen molar-refractivity contribution in [3.63, 3.8) is 0 Å². The summed E-state index contributed by atoms with van der Waals surface area (Å²) < 4.78 is 12.0. The molecule has 12 heavy (non-hydrogen) atoms. The van der Waals surface area contributed by atoms with Crippen LogP contribution in [0.25, 0.3) is 0 Å². The number of rotatable bonds is 7. The molecule has 0 aliphatic carbocycles. The Bertz CT molecular complexity index is 96.5. The average Bonchev–Trinajstić information content (AvgIpc) is 2.00. The number of hydrogen-bond acceptors (Lipinski definition) is 2. The fourth-order valence-electron chi connectivity index (χ4n) is 1.25. The summed E-state index contributed by atoms with van der Waals surface area (Å²) in [5, 5.41) is 0. The first kappa shape index (κ1) is 11.8. The van der Waals surface area contributed by atoms with Gasteiger partial charge in [0.1, 0.15) is 6.67 Å². The van der Waals surface area contributed by atoms with Crippen LogP contribution >= 0.6 is 0 Å². The number of nitrogens with zero attached hydrogens (tertiary/aromatic N) is 1. The average molecular weight is 176 g/mol. The second-order valence-corrected chi connectivity index (χ2v) is 3.53. The van der Waals surface area contributed by atoms with E-state index in [0.29, 0.717) is 19.0 Å². The van der Waals surface area contributed by atoms with Gasteiger partial charge < -0.3 is 10.6 Å². The van der Waals surface area contributed by atoms with Gasteiger partial charge in [-0.25, -0.2) is 4.39 Å². The third kappa shape index (κ3) is 6.55. The maximum Gasteiger partial charge on any atom is 0.102 e. The molecular weight excluding hydrogens is 155 g/mol. The van der Waals surface area contributed by atoms with Gasteiger partial charge in [-0.15, -0.1) is 0 Å². The van der Waals surface area contributed by atoms with Crippen LogP contribution in [0.4, 0.5) is 4.39 Å². The topological polar surface area (TPSA) is 29.3 Å². The lowest BCUT2D eigenvalue weighted by Crippen LogP contribution is -2.31. The second kappa shape index (κ2) is 7.50. The lowest BCUT2D eigenvalue weighted by molar-refractivity contribution is 0.223. The van der Waals surface area contributed by atoms with Crippen LogP contribution in [-0.4, -0.2) is 37.8 Å². The molecule has 0 unspecified atom stereocenters. The molecule has 0 atom stereocenters. The van der Waals surface area contributed by atoms with Gasteiger partial charge in [-0.1, -0.05) is 13.8 Å². The normalized spacial score (nSPS) is 11.5. The van der Waals surface area contributed by atoms with Crippen molar-refractivity contribution in [1.82, 2.24) is 4.90 Å². The van der Waals surface area contributed by atoms with E-state index in [9.17, 15) is 4.39 Å². The van der Waals surface area contributed by atoms with Gasteiger partial charge in [0, 0.05) is 13.1 Å². The van der Waals surface area contributed by atoms with E-state index >= 15 is 0 Å². The van der Waals surface area contributed by atoms with Crippen LogP contribution < -0.4 is 5.73 Å². The molecule has 0 bridgehead atoms. The van der Waals surface area contributed by atoms with Crippen LogP contribution in [0.2, 0.25) is 0 Å². The van der Waals surface area contributed by atoms with Crippen molar-refractivity contribution in [2.45, 2.75) is 20.3 Å². The minimum Gasteiger partial charge on any atom is -0.330 e. The summed E-state index contributed by atoms with van der Waals surface area (Å²) >= 11 is 0. The fourth-order valence-corrected chi connectivity index (χ4v) is 1.25. The second-order valence-electron chi connectivity index (χ2n) is 3.53. The van der Waals surface area contributed by atoms with Gasteiger partial charge in [0.15, 0.2) is 0 Å². The van der Waals surface area contributed by atoms with Gasteiger partial charge in [-0.3, -0.25) is 0 Å². The summed E-state index contributed by atoms with van der Waals surface area (Å²) in [4.78, 5) is 2.14. The molecule has 0 rings (SSSR count). The van der Waals surface area contributed by atoms with Gasteiger partial charge >= 0.3 is 0 Å². The van der Waals surface area contributed by atoms with E-state index in [0.717, 1.165) is 19.5 Å². The number of hydrogen-bond donors (Lipinski definition) is 1. The predicted octanol–water partition coefficient (Wildman–Crippen LogP) is 1.26. The molecule has 0 aliphatic heterocycles. The predicted molar refractivity (Wildman–Crippen MR) is 50.9 cm³/mol. The molecule has 0 saturated carbocycles. The van der Waals surface area contributed by atoms with E-state index < -0.39 is 0 Å². The van der Waals surface area contributed by atoms with E-state index in [1.54, 1.807) is 0 Å². The van der Waals surface area contributed by atoms with Crippen LogP contribution in [0.1, 0.15) is 20.3 Å². The molecule has 0 amide bonds. The molecule has 0 radical (unpaired) electrons. The van der Waals surface area contributed by atoms with Crippen LogP contribution in [0.3, 0.4) is 0 Å². The van der Waals surface area contributed by atoms with Crippen LogP contribution in [0.15, 0.2) is 0 Å². The highest BCUT2D eigenvalue weighted by molar-refractivity contribution is 4.59. The largest absolute Gasteiger partial charge is 0.330 e. The van der Waals surface area contributed by atoms with E-state index in [1.807, 2.05) is 0 Å². The Morgan fingerprint density at radius 1 is 1.33 bits per heavy atom. The van der Waals surface area contributed by atoms with Crippen molar-refractivity contribution in [2.24, 2.45) is 11.7 Å². The Morgan fingerprint density at radius 2 is 2.00 bits per heavy atom. The summed E-state index contributed by atoms with van der Waals surface area (Å²) in [6.45, 7) is 7.19. The zero-order valence-electron chi connectivity index (χ0n) is 8.22. The molecule has 0 aliphatic rings. The Labute approximate surface area is 74.9 Å². The molecule has 0 saturated heterocycles. The smallest absolute Gasteiger partial charge is 0.102 e. The van der Waals surface area contributed by atoms with Crippen molar-refractivity contribution < 1.29 is 4.39 Å². The molecule has 0 spiro atoms. The van der Waals surface area contributed by atoms with E-state index in [-0.39, 0.29) is 6.67 Å². The molecule has 0 aromatic heterocycles. The Balaban J connectivity index is 3.54. The summed E-state index contributed by atoms with van der Waals surface area (Å²) in [5.74, 6) is 0.606. The first-order chi connectivity index (χ1) is 5.70. The third-order valence-electron chi connectivity index (χ3n) is 1.70. The molecule has 0 heterocycles. The SMILES string of the molecule is CC(C)CN(CCF)CCCN. The first-order valence-electron chi connectivity index (χ1n) is 4.69. The lowest BCUT2D eigenvalue weighted by atomic mass is 10.2. The maximum absolute atomic E-state index is 12.0. The van der Waals surface area contributed by atoms with Crippen molar-refractivity contribution in [3.05, 3.63) is 0 Å². The van der Waals surface area contributed by atoms with E-state index in [2.05, 4.69) is 18.7 Å².